The maximum Gasteiger partial charge on any atom is 0.250 e. The first-order valence-corrected chi connectivity index (χ1v) is 16.0. The number of aliphatic imine (C=N–C) groups is 1. The summed E-state index contributed by atoms with van der Waals surface area (Å²) in [5, 5.41) is 1.50. The van der Waals surface area contributed by atoms with E-state index in [0.29, 0.717) is 36.4 Å². The minimum atomic E-state index is -0.0610. The van der Waals surface area contributed by atoms with E-state index in [9.17, 15) is 14.4 Å². The number of aromatic nitrogens is 1. The monoisotopic (exact) mass is 596 g/mol. The molecule has 1 saturated carbocycles. The Morgan fingerprint density at radius 3 is 2.36 bits per heavy atom. The quantitative estimate of drug-likeness (QED) is 0.231. The highest BCUT2D eigenvalue weighted by Gasteiger charge is 2.32. The molecular weight excluding hydrogens is 548 g/mol. The Hall–Kier alpha value is -4.00. The maximum atomic E-state index is 12.6. The molecule has 1 aromatic heterocycles. The van der Waals surface area contributed by atoms with E-state index in [-0.39, 0.29) is 23.2 Å². The Bertz CT molecular complexity index is 1560. The van der Waals surface area contributed by atoms with E-state index in [0.717, 1.165) is 68.5 Å². The van der Waals surface area contributed by atoms with E-state index in [1.165, 1.54) is 17.3 Å². The van der Waals surface area contributed by atoms with Crippen LogP contribution in [0, 0.1) is 11.8 Å². The predicted molar refractivity (Wildman–Crippen MR) is 181 cm³/mol. The van der Waals surface area contributed by atoms with Gasteiger partial charge in [0.1, 0.15) is 5.78 Å². The van der Waals surface area contributed by atoms with Gasteiger partial charge < -0.3 is 14.4 Å². The lowest BCUT2D eigenvalue weighted by Gasteiger charge is -2.38. The molecule has 0 amide bonds. The average Bonchev–Trinajstić information content (AvgIpc) is 3.03. The normalized spacial score (nSPS) is 19.8. The third-order valence-electron chi connectivity index (χ3n) is 9.54. The number of nitrogens with zero attached hydrogens (tertiary/aromatic N) is 4. The Kier molecular flexibility index (Phi) is 11.3. The Labute approximate surface area is 262 Å². The van der Waals surface area contributed by atoms with Crippen molar-refractivity contribution in [3.8, 4) is 0 Å². The lowest BCUT2D eigenvalue weighted by molar-refractivity contribution is -0.122. The molecule has 0 radical (unpaired) electrons. The van der Waals surface area contributed by atoms with Gasteiger partial charge in [-0.1, -0.05) is 45.7 Å². The highest BCUT2D eigenvalue weighted by Crippen LogP contribution is 2.37. The first-order valence-electron chi connectivity index (χ1n) is 16.0. The van der Waals surface area contributed by atoms with Crippen molar-refractivity contribution in [2.45, 2.75) is 71.8 Å². The van der Waals surface area contributed by atoms with Crippen LogP contribution in [0.2, 0.25) is 0 Å². The van der Waals surface area contributed by atoms with Crippen molar-refractivity contribution in [2.24, 2.45) is 16.8 Å². The summed E-state index contributed by atoms with van der Waals surface area (Å²) in [7, 11) is 0. The number of Topliss-reactive ketones (excluding diaryl/α,β-unsaturated/α-hetero) is 1. The third-order valence-corrected chi connectivity index (χ3v) is 9.54. The number of anilines is 1. The number of benzene rings is 1. The second-order valence-electron chi connectivity index (χ2n) is 12.3. The molecule has 44 heavy (non-hydrogen) atoms. The van der Waals surface area contributed by atoms with Crippen LogP contribution in [0.1, 0.15) is 70.8 Å². The van der Waals surface area contributed by atoms with Crippen molar-refractivity contribution in [1.29, 1.82) is 0 Å². The van der Waals surface area contributed by atoms with Crippen molar-refractivity contribution in [3.63, 3.8) is 0 Å². The van der Waals surface area contributed by atoms with Crippen molar-refractivity contribution in [2.75, 3.05) is 31.1 Å². The molecule has 0 unspecified atom stereocenters. The zero-order chi connectivity index (χ0) is 31.8. The molecule has 2 aromatic rings. The highest BCUT2D eigenvalue weighted by atomic mass is 16.1. The fourth-order valence-corrected chi connectivity index (χ4v) is 6.08. The summed E-state index contributed by atoms with van der Waals surface area (Å²) in [5.41, 5.74) is 4.40. The number of carbonyl (C=O) groups is 2. The molecule has 7 nitrogen and oxygen atoms in total. The van der Waals surface area contributed by atoms with Crippen LogP contribution in [0.15, 0.2) is 71.1 Å². The molecule has 0 spiro atoms. The fraction of sp³-hybridized carbons (Fsp3) is 0.459. The number of hydrogen-bond donors (Lipinski definition) is 0. The van der Waals surface area contributed by atoms with Gasteiger partial charge in [0.05, 0.1) is 0 Å². The van der Waals surface area contributed by atoms with E-state index in [2.05, 4.69) is 60.7 Å². The van der Waals surface area contributed by atoms with E-state index >= 15 is 0 Å². The topological polar surface area (TPSA) is 75.0 Å². The summed E-state index contributed by atoms with van der Waals surface area (Å²) in [6.07, 6.45) is 7.75. The van der Waals surface area contributed by atoms with Crippen LogP contribution in [-0.2, 0) is 16.1 Å². The third kappa shape index (κ3) is 8.13. The zero-order valence-electron chi connectivity index (χ0n) is 26.8. The second kappa shape index (κ2) is 15.1. The molecule has 0 bridgehead atoms. The van der Waals surface area contributed by atoms with Crippen LogP contribution >= 0.6 is 0 Å². The first kappa shape index (κ1) is 32.9. The van der Waals surface area contributed by atoms with Gasteiger partial charge in [0.2, 0.25) is 0 Å². The van der Waals surface area contributed by atoms with Gasteiger partial charge in [-0.2, -0.15) is 0 Å². The Morgan fingerprint density at radius 1 is 1.05 bits per heavy atom. The van der Waals surface area contributed by atoms with Crippen LogP contribution < -0.4 is 21.0 Å². The van der Waals surface area contributed by atoms with Gasteiger partial charge in [-0.25, -0.2) is 0 Å². The summed E-state index contributed by atoms with van der Waals surface area (Å²) in [6, 6.07) is 12.1. The van der Waals surface area contributed by atoms with Crippen molar-refractivity contribution < 1.29 is 9.59 Å². The van der Waals surface area contributed by atoms with Crippen LogP contribution in [0.3, 0.4) is 0 Å². The summed E-state index contributed by atoms with van der Waals surface area (Å²) in [6.45, 7) is 22.4. The highest BCUT2D eigenvalue weighted by molar-refractivity contribution is 5.91. The lowest BCUT2D eigenvalue weighted by Crippen LogP contribution is -2.45. The lowest BCUT2D eigenvalue weighted by atomic mass is 9.71. The summed E-state index contributed by atoms with van der Waals surface area (Å²) < 4.78 is 1.73. The van der Waals surface area contributed by atoms with Crippen LogP contribution in [0.5, 0.6) is 0 Å². The molecule has 234 valence electrons. The van der Waals surface area contributed by atoms with Crippen molar-refractivity contribution >= 4 is 35.7 Å². The minimum Gasteiger partial charge on any atom is -0.372 e. The van der Waals surface area contributed by atoms with Crippen LogP contribution in [0.25, 0.3) is 12.8 Å². The van der Waals surface area contributed by atoms with Crippen LogP contribution in [0.4, 0.5) is 5.69 Å². The number of carbonyl (C=O) groups excluding carboxylic acids is 2. The molecular formula is C37H48N4O3. The van der Waals surface area contributed by atoms with Crippen molar-refractivity contribution in [1.82, 2.24) is 9.47 Å². The second-order valence-corrected chi connectivity index (χ2v) is 12.3. The van der Waals surface area contributed by atoms with Gasteiger partial charge in [-0.05, 0) is 68.4 Å². The molecule has 2 fully saturated rings. The van der Waals surface area contributed by atoms with E-state index in [1.807, 2.05) is 20.0 Å². The van der Waals surface area contributed by atoms with Gasteiger partial charge in [0.15, 0.2) is 5.78 Å². The molecule has 1 saturated heterocycles. The average molecular weight is 597 g/mol. The number of pyridine rings is 1. The molecule has 1 aliphatic carbocycles. The molecule has 2 heterocycles. The van der Waals surface area contributed by atoms with Gasteiger partial charge in [-0.15, -0.1) is 0 Å². The smallest absolute Gasteiger partial charge is 0.250 e. The summed E-state index contributed by atoms with van der Waals surface area (Å²) in [5.74, 6) is 1.11. The minimum absolute atomic E-state index is 0.0610. The molecule has 1 aromatic carbocycles. The van der Waals surface area contributed by atoms with Crippen molar-refractivity contribution in [3.05, 3.63) is 87.8 Å². The molecule has 0 N–H and O–H groups in total. The van der Waals surface area contributed by atoms with E-state index < -0.39 is 0 Å². The Balaban J connectivity index is 1.33. The summed E-state index contributed by atoms with van der Waals surface area (Å²) >= 11 is 0. The molecule has 1 aliphatic heterocycles. The maximum absolute atomic E-state index is 12.6. The molecule has 1 atom stereocenters. The number of ketones is 2. The first-order chi connectivity index (χ1) is 21.1. The standard InChI is InChI=1S/C37H48N4O3/c1-7-35(42)15-9-26(3)39-19-21-40(22-20-39)34-13-10-31(11-14-34)27(4)28(5)38-25-32-12-16-37(44)41(29(32)6)18-17-30-23-33(24-30)36(43)8-2/h8,10-14,16,25,27,30,33H,2-3,6-7,9,15,17-24H2,1,4-5H3/b32-25-,38-28?/t27-,30?,33?/m1/s1. The number of hydrogen-bond acceptors (Lipinski definition) is 6. The Morgan fingerprint density at radius 2 is 1.73 bits per heavy atom. The fourth-order valence-electron chi connectivity index (χ4n) is 6.08. The summed E-state index contributed by atoms with van der Waals surface area (Å²) in [4.78, 5) is 45.5. The zero-order valence-corrected chi connectivity index (χ0v) is 26.8. The molecule has 4 rings (SSSR count). The molecule has 2 aliphatic rings. The van der Waals surface area contributed by atoms with Gasteiger partial charge >= 0.3 is 0 Å². The van der Waals surface area contributed by atoms with Crippen LogP contribution in [-0.4, -0.2) is 52.9 Å². The molecule has 7 heteroatoms. The predicted octanol–water partition coefficient (Wildman–Crippen LogP) is 4.83. The van der Waals surface area contributed by atoms with E-state index in [4.69, 9.17) is 4.99 Å². The van der Waals surface area contributed by atoms with Gasteiger partial charge in [-0.3, -0.25) is 19.4 Å². The van der Waals surface area contributed by atoms with E-state index in [1.54, 1.807) is 16.7 Å². The SMILES string of the molecule is C=CC(=O)C1CC(CCn2c(=O)cc/c(=C/N=C(C)[C@@H](C)c3ccc(N4CCN(C(=C)CCC(=O)CC)CC4)cc3)c2=C)C1. The number of piperazine rings is 1. The van der Waals surface area contributed by atoms with Gasteiger partial charge in [0, 0.05) is 97.3 Å². The number of rotatable bonds is 14. The largest absolute Gasteiger partial charge is 0.372 e. The number of allylic oxidation sites excluding steroid dienone is 2. The van der Waals surface area contributed by atoms with Gasteiger partial charge in [0.25, 0.3) is 5.56 Å².